The van der Waals surface area contributed by atoms with E-state index in [1.165, 1.54) is 16.7 Å². The van der Waals surface area contributed by atoms with Crippen molar-refractivity contribution in [2.45, 2.75) is 19.0 Å². The van der Waals surface area contributed by atoms with Gasteiger partial charge in [0.1, 0.15) is 11.1 Å². The lowest BCUT2D eigenvalue weighted by Gasteiger charge is -2.35. The number of hydrogen-bond acceptors (Lipinski definition) is 5. The van der Waals surface area contributed by atoms with Gasteiger partial charge in [0.2, 0.25) is 0 Å². The maximum Gasteiger partial charge on any atom is 0.349 e. The number of carbonyl (C=O) groups excluding carboxylic acids is 1. The molecule has 1 aliphatic rings. The molecule has 31 heavy (non-hydrogen) atoms. The minimum atomic E-state index is -0.616. The Kier molecular flexibility index (Phi) is 5.40. The van der Waals surface area contributed by atoms with Crippen molar-refractivity contribution in [3.63, 3.8) is 0 Å². The third-order valence-corrected chi connectivity index (χ3v) is 6.57. The highest BCUT2D eigenvalue weighted by molar-refractivity contribution is 7.08. The number of fused-ring (bicyclic) bond motifs is 2. The average molecular weight is 431 g/mol. The zero-order valence-corrected chi connectivity index (χ0v) is 17.7. The van der Waals surface area contributed by atoms with Crippen LogP contribution in [0.25, 0.3) is 11.0 Å². The zero-order valence-electron chi connectivity index (χ0n) is 16.9. The molecular weight excluding hydrogens is 408 g/mol. The van der Waals surface area contributed by atoms with Crippen LogP contribution < -0.4 is 10.9 Å². The lowest BCUT2D eigenvalue weighted by Crippen LogP contribution is -2.41. The first-order valence-electron chi connectivity index (χ1n) is 10.3. The topological polar surface area (TPSA) is 62.6 Å². The fourth-order valence-corrected chi connectivity index (χ4v) is 4.92. The molecule has 1 atom stereocenters. The number of thiophene rings is 1. The van der Waals surface area contributed by atoms with E-state index in [0.29, 0.717) is 12.1 Å². The summed E-state index contributed by atoms with van der Waals surface area (Å²) in [4.78, 5) is 27.6. The van der Waals surface area contributed by atoms with Gasteiger partial charge >= 0.3 is 5.63 Å². The summed E-state index contributed by atoms with van der Waals surface area (Å²) in [6.07, 6.45) is 0.985. The number of rotatable bonds is 5. The van der Waals surface area contributed by atoms with E-state index in [1.807, 2.05) is 12.1 Å². The number of carbonyl (C=O) groups is 1. The minimum absolute atomic E-state index is 0.0340. The summed E-state index contributed by atoms with van der Waals surface area (Å²) in [5.41, 5.74) is 3.79. The van der Waals surface area contributed by atoms with Crippen molar-refractivity contribution >= 4 is 28.2 Å². The SMILES string of the molecule is O=C(NC[C@@H](c1ccsc1)N1CCc2ccccc2C1)c1cc2ccccc2oc1=O. The van der Waals surface area contributed by atoms with E-state index in [-0.39, 0.29) is 11.6 Å². The largest absolute Gasteiger partial charge is 0.422 e. The molecule has 1 amide bonds. The maximum atomic E-state index is 12.9. The fourth-order valence-electron chi connectivity index (χ4n) is 4.21. The van der Waals surface area contributed by atoms with Crippen LogP contribution in [0.1, 0.15) is 33.1 Å². The molecule has 1 N–H and O–H groups in total. The molecule has 3 heterocycles. The van der Waals surface area contributed by atoms with E-state index in [9.17, 15) is 9.59 Å². The first-order valence-corrected chi connectivity index (χ1v) is 11.3. The molecule has 0 aliphatic carbocycles. The molecular formula is C25H22N2O3S. The van der Waals surface area contributed by atoms with Crippen molar-refractivity contribution in [2.24, 2.45) is 0 Å². The molecule has 4 aromatic rings. The van der Waals surface area contributed by atoms with Gasteiger partial charge in [0.25, 0.3) is 5.91 Å². The van der Waals surface area contributed by atoms with Crippen LogP contribution >= 0.6 is 11.3 Å². The van der Waals surface area contributed by atoms with Crippen LogP contribution in [0, 0.1) is 0 Å². The first-order chi connectivity index (χ1) is 15.2. The van der Waals surface area contributed by atoms with Crippen LogP contribution in [-0.2, 0) is 13.0 Å². The summed E-state index contributed by atoms with van der Waals surface area (Å²) < 4.78 is 5.32. The smallest absolute Gasteiger partial charge is 0.349 e. The van der Waals surface area contributed by atoms with Gasteiger partial charge in [-0.1, -0.05) is 42.5 Å². The highest BCUT2D eigenvalue weighted by atomic mass is 32.1. The molecule has 0 bridgehead atoms. The Hall–Kier alpha value is -3.22. The quantitative estimate of drug-likeness (QED) is 0.477. The summed E-state index contributed by atoms with van der Waals surface area (Å²) in [5.74, 6) is -0.405. The minimum Gasteiger partial charge on any atom is -0.422 e. The molecule has 0 radical (unpaired) electrons. The predicted octanol–water partition coefficient (Wildman–Crippen LogP) is 4.38. The highest BCUT2D eigenvalue weighted by Gasteiger charge is 2.26. The Balaban J connectivity index is 1.37. The molecule has 6 heteroatoms. The number of amides is 1. The standard InChI is InChI=1S/C25H22N2O3S/c28-24(21-13-18-6-3-4-8-23(18)30-25(21)29)26-14-22(20-10-12-31-16-20)27-11-9-17-5-1-2-7-19(17)15-27/h1-8,10,12-13,16,22H,9,11,14-15H2,(H,26,28)/t22-/m0/s1. The Bertz CT molecular complexity index is 1280. The number of hydrogen-bond donors (Lipinski definition) is 1. The maximum absolute atomic E-state index is 12.9. The van der Waals surface area contributed by atoms with Gasteiger partial charge in [0.15, 0.2) is 0 Å². The van der Waals surface area contributed by atoms with Crippen LogP contribution in [0.3, 0.4) is 0 Å². The molecule has 5 rings (SSSR count). The summed E-state index contributed by atoms with van der Waals surface area (Å²) in [7, 11) is 0. The molecule has 156 valence electrons. The van der Waals surface area contributed by atoms with E-state index < -0.39 is 11.5 Å². The first kappa shape index (κ1) is 19.7. The highest BCUT2D eigenvalue weighted by Crippen LogP contribution is 2.28. The van der Waals surface area contributed by atoms with Crippen LogP contribution in [-0.4, -0.2) is 23.9 Å². The number of nitrogens with one attached hydrogen (secondary N) is 1. The van der Waals surface area contributed by atoms with Crippen molar-refractivity contribution in [1.82, 2.24) is 10.2 Å². The van der Waals surface area contributed by atoms with Gasteiger partial charge in [-0.25, -0.2) is 4.79 Å². The molecule has 0 saturated heterocycles. The second-order valence-electron chi connectivity index (χ2n) is 7.76. The third kappa shape index (κ3) is 4.04. The van der Waals surface area contributed by atoms with Gasteiger partial charge in [-0.2, -0.15) is 11.3 Å². The second kappa shape index (κ2) is 8.49. The van der Waals surface area contributed by atoms with Gasteiger partial charge < -0.3 is 9.73 Å². The predicted molar refractivity (Wildman–Crippen MR) is 122 cm³/mol. The van der Waals surface area contributed by atoms with Crippen LogP contribution in [0.15, 0.2) is 80.6 Å². The summed E-state index contributed by atoms with van der Waals surface area (Å²) in [6.45, 7) is 2.18. The summed E-state index contributed by atoms with van der Waals surface area (Å²) >= 11 is 1.65. The van der Waals surface area contributed by atoms with E-state index >= 15 is 0 Å². The Morgan fingerprint density at radius 1 is 1.10 bits per heavy atom. The Morgan fingerprint density at radius 3 is 2.74 bits per heavy atom. The molecule has 0 spiro atoms. The lowest BCUT2D eigenvalue weighted by molar-refractivity contribution is 0.0924. The number of para-hydroxylation sites is 1. The van der Waals surface area contributed by atoms with Crippen molar-refractivity contribution in [3.05, 3.63) is 104 Å². The van der Waals surface area contributed by atoms with Crippen molar-refractivity contribution < 1.29 is 9.21 Å². The number of benzene rings is 2. The lowest BCUT2D eigenvalue weighted by atomic mass is 9.97. The Labute approximate surface area is 183 Å². The van der Waals surface area contributed by atoms with Gasteiger partial charge in [-0.15, -0.1) is 0 Å². The second-order valence-corrected chi connectivity index (χ2v) is 8.54. The van der Waals surface area contributed by atoms with Gasteiger partial charge in [-0.05, 0) is 52.1 Å². The van der Waals surface area contributed by atoms with Crippen LogP contribution in [0.2, 0.25) is 0 Å². The zero-order chi connectivity index (χ0) is 21.2. The normalized spacial score (nSPS) is 14.8. The molecule has 0 unspecified atom stereocenters. The van der Waals surface area contributed by atoms with Gasteiger partial charge in [0.05, 0.1) is 6.04 Å². The van der Waals surface area contributed by atoms with Crippen molar-refractivity contribution in [2.75, 3.05) is 13.1 Å². The molecule has 0 fully saturated rings. The third-order valence-electron chi connectivity index (χ3n) is 5.87. The van der Waals surface area contributed by atoms with Gasteiger partial charge in [-0.3, -0.25) is 9.69 Å². The number of nitrogens with zero attached hydrogens (tertiary/aromatic N) is 1. The van der Waals surface area contributed by atoms with Crippen molar-refractivity contribution in [3.8, 4) is 0 Å². The summed E-state index contributed by atoms with van der Waals surface area (Å²) in [6, 6.07) is 19.5. The van der Waals surface area contributed by atoms with E-state index in [2.05, 4.69) is 51.3 Å². The van der Waals surface area contributed by atoms with Crippen molar-refractivity contribution in [1.29, 1.82) is 0 Å². The van der Waals surface area contributed by atoms with E-state index in [0.717, 1.165) is 24.9 Å². The molecule has 2 aromatic heterocycles. The average Bonchev–Trinajstić information content (AvgIpc) is 3.33. The molecule has 1 aliphatic heterocycles. The monoisotopic (exact) mass is 430 g/mol. The van der Waals surface area contributed by atoms with Crippen LogP contribution in [0.5, 0.6) is 0 Å². The molecule has 0 saturated carbocycles. The summed E-state index contributed by atoms with van der Waals surface area (Å²) in [5, 5.41) is 7.89. The Morgan fingerprint density at radius 2 is 1.90 bits per heavy atom. The van der Waals surface area contributed by atoms with Gasteiger partial charge in [0, 0.05) is 25.0 Å². The molecule has 5 nitrogen and oxygen atoms in total. The molecule has 2 aromatic carbocycles. The van der Waals surface area contributed by atoms with E-state index in [1.54, 1.807) is 29.5 Å². The fraction of sp³-hybridized carbons (Fsp3) is 0.200. The van der Waals surface area contributed by atoms with E-state index in [4.69, 9.17) is 4.42 Å². The van der Waals surface area contributed by atoms with Crippen LogP contribution in [0.4, 0.5) is 0 Å².